The van der Waals surface area contributed by atoms with Crippen molar-refractivity contribution in [1.29, 1.82) is 0 Å². The zero-order valence-electron chi connectivity index (χ0n) is 16.9. The number of quaternary nitrogens is 1. The van der Waals surface area contributed by atoms with Gasteiger partial charge in [0.05, 0.1) is 20.1 Å². The molecule has 6 heteroatoms. The maximum atomic E-state index is 11.8. The summed E-state index contributed by atoms with van der Waals surface area (Å²) in [7, 11) is 4.11. The Kier molecular flexibility index (Phi) is 18.4. The second kappa shape index (κ2) is 17.7. The number of nitrogens with zero attached hydrogens (tertiary/aromatic N) is 1. The Morgan fingerprint density at radius 2 is 1.32 bits per heavy atom. The molecule has 0 bridgehead atoms. The van der Waals surface area contributed by atoms with Crippen LogP contribution in [0.1, 0.15) is 84.5 Å². The molecule has 0 rings (SSSR count). The van der Waals surface area contributed by atoms with Crippen LogP contribution < -0.4 is 16.3 Å². The topological polar surface area (TPSA) is 95.2 Å². The summed E-state index contributed by atoms with van der Waals surface area (Å²) in [6, 6.07) is 0. The third-order valence-electron chi connectivity index (χ3n) is 3.88. The molecule has 0 aliphatic rings. The Labute approximate surface area is 154 Å². The molecule has 0 heterocycles. The minimum Gasteiger partial charge on any atom is -0.549 e. The van der Waals surface area contributed by atoms with Gasteiger partial charge < -0.3 is 15.6 Å². The third kappa shape index (κ3) is 22.9. The Balaban J connectivity index is 0. The van der Waals surface area contributed by atoms with E-state index in [0.717, 1.165) is 19.4 Å². The van der Waals surface area contributed by atoms with Crippen molar-refractivity contribution in [1.82, 2.24) is 5.43 Å². The fourth-order valence-corrected chi connectivity index (χ4v) is 2.60. The number of amides is 1. The van der Waals surface area contributed by atoms with Crippen molar-refractivity contribution < 1.29 is 19.3 Å². The van der Waals surface area contributed by atoms with Gasteiger partial charge in [0, 0.05) is 13.0 Å². The molecule has 0 atom stereocenters. The predicted octanol–water partition coefficient (Wildman–Crippen LogP) is 2.12. The first kappa shape index (κ1) is 26.1. The molecule has 0 aromatic carbocycles. The summed E-state index contributed by atoms with van der Waals surface area (Å²) in [6.45, 7) is 5.00. The van der Waals surface area contributed by atoms with Crippen molar-refractivity contribution in [2.45, 2.75) is 84.5 Å². The van der Waals surface area contributed by atoms with Crippen molar-refractivity contribution in [3.8, 4) is 0 Å². The number of carboxylic acids is 1. The predicted molar refractivity (Wildman–Crippen MR) is 101 cm³/mol. The normalized spacial score (nSPS) is 10.8. The van der Waals surface area contributed by atoms with E-state index in [1.54, 1.807) is 0 Å². The van der Waals surface area contributed by atoms with E-state index in [1.165, 1.54) is 51.4 Å². The lowest BCUT2D eigenvalue weighted by molar-refractivity contribution is -0.925. The minimum absolute atomic E-state index is 0.200. The van der Waals surface area contributed by atoms with Gasteiger partial charge in [0.1, 0.15) is 6.54 Å². The molecule has 0 saturated carbocycles. The lowest BCUT2D eigenvalue weighted by Crippen LogP contribution is -2.54. The van der Waals surface area contributed by atoms with Crippen molar-refractivity contribution in [3.63, 3.8) is 0 Å². The Morgan fingerprint density at radius 1 is 0.880 bits per heavy atom. The number of nitrogens with two attached hydrogens (primary N) is 1. The molecule has 0 aliphatic heterocycles. The van der Waals surface area contributed by atoms with E-state index in [-0.39, 0.29) is 12.5 Å². The monoisotopic (exact) mass is 359 g/mol. The molecular formula is C19H41N3O3. The van der Waals surface area contributed by atoms with Crippen molar-refractivity contribution >= 4 is 11.9 Å². The van der Waals surface area contributed by atoms with E-state index in [9.17, 15) is 4.79 Å². The van der Waals surface area contributed by atoms with Crippen LogP contribution in [0.4, 0.5) is 0 Å². The zero-order chi connectivity index (χ0) is 19.6. The van der Waals surface area contributed by atoms with Gasteiger partial charge >= 0.3 is 0 Å². The van der Waals surface area contributed by atoms with Crippen LogP contribution in [0, 0.1) is 0 Å². The minimum atomic E-state index is -1.22. The fraction of sp³-hybridized carbons (Fsp3) is 0.895. The molecule has 0 unspecified atom stereocenters. The summed E-state index contributed by atoms with van der Waals surface area (Å²) in [4.78, 5) is 20.9. The molecular weight excluding hydrogens is 318 g/mol. The second-order valence-electron chi connectivity index (χ2n) is 7.10. The highest BCUT2D eigenvalue weighted by atomic mass is 16.4. The zero-order valence-corrected chi connectivity index (χ0v) is 16.9. The number of unbranched alkanes of at least 4 members (excludes halogenated alkanes) is 8. The highest BCUT2D eigenvalue weighted by molar-refractivity contribution is 5.74. The van der Waals surface area contributed by atoms with E-state index in [1.807, 2.05) is 0 Å². The molecule has 0 fully saturated rings. The summed E-state index contributed by atoms with van der Waals surface area (Å²) >= 11 is 0. The van der Waals surface area contributed by atoms with Crippen molar-refractivity contribution in [2.24, 2.45) is 5.73 Å². The van der Waals surface area contributed by atoms with Crippen LogP contribution in [0.15, 0.2) is 0 Å². The van der Waals surface area contributed by atoms with Crippen LogP contribution in [-0.2, 0) is 9.59 Å². The number of nitrogens with one attached hydrogen (secondary N) is 1. The number of carbonyl (C=O) groups is 2. The SMILES string of the molecule is CCCCCCCCCCCC(=O)N[N+](C)(C)CCC.NCC(=O)[O-]. The number of aliphatic carboxylic acids is 1. The van der Waals surface area contributed by atoms with E-state index in [4.69, 9.17) is 9.90 Å². The summed E-state index contributed by atoms with van der Waals surface area (Å²) in [6.07, 6.45) is 13.5. The molecule has 0 spiro atoms. The highest BCUT2D eigenvalue weighted by Crippen LogP contribution is 2.10. The molecule has 6 nitrogen and oxygen atoms in total. The maximum Gasteiger partial charge on any atom is 0.264 e. The first-order valence-electron chi connectivity index (χ1n) is 9.83. The standard InChI is InChI=1S/C17H36N2O.C2H5NO2/c1-5-7-8-9-10-11-12-13-14-15-17(20)18-19(3,4)16-6-2;3-1-2(4)5/h5-16H2,1-4H3;1,3H2,(H,4,5). The average Bonchev–Trinajstić information content (AvgIpc) is 2.53. The number of hydrogen-bond donors (Lipinski definition) is 2. The quantitative estimate of drug-likeness (QED) is 0.282. The molecule has 0 aromatic rings. The van der Waals surface area contributed by atoms with E-state index < -0.39 is 5.97 Å². The Bertz CT molecular complexity index is 334. The largest absolute Gasteiger partial charge is 0.549 e. The van der Waals surface area contributed by atoms with E-state index in [2.05, 4.69) is 39.1 Å². The van der Waals surface area contributed by atoms with Crippen LogP contribution in [0.25, 0.3) is 0 Å². The number of rotatable bonds is 14. The number of carbonyl (C=O) groups excluding carboxylic acids is 2. The first-order chi connectivity index (χ1) is 11.8. The third-order valence-corrected chi connectivity index (χ3v) is 3.88. The molecule has 1 amide bonds. The van der Waals surface area contributed by atoms with Gasteiger partial charge in [-0.2, -0.15) is 0 Å². The lowest BCUT2D eigenvalue weighted by Gasteiger charge is -2.28. The Morgan fingerprint density at radius 3 is 1.72 bits per heavy atom. The van der Waals surface area contributed by atoms with Gasteiger partial charge in [-0.05, 0) is 12.8 Å². The van der Waals surface area contributed by atoms with Crippen LogP contribution in [-0.4, -0.2) is 43.7 Å². The summed E-state index contributed by atoms with van der Waals surface area (Å²) in [5.74, 6) is -1.02. The lowest BCUT2D eigenvalue weighted by atomic mass is 10.1. The highest BCUT2D eigenvalue weighted by Gasteiger charge is 2.16. The summed E-state index contributed by atoms with van der Waals surface area (Å²) < 4.78 is 0.604. The molecule has 150 valence electrons. The van der Waals surface area contributed by atoms with Gasteiger partial charge in [-0.25, -0.2) is 10.0 Å². The first-order valence-corrected chi connectivity index (χ1v) is 9.83. The smallest absolute Gasteiger partial charge is 0.264 e. The Hall–Kier alpha value is -1.14. The maximum absolute atomic E-state index is 11.8. The van der Waals surface area contributed by atoms with Crippen LogP contribution in [0.2, 0.25) is 0 Å². The van der Waals surface area contributed by atoms with Gasteiger partial charge in [0.25, 0.3) is 5.91 Å². The fourth-order valence-electron chi connectivity index (χ4n) is 2.60. The van der Waals surface area contributed by atoms with Gasteiger partial charge in [-0.3, -0.25) is 4.79 Å². The van der Waals surface area contributed by atoms with Gasteiger partial charge in [-0.1, -0.05) is 65.2 Å². The molecule has 0 aliphatic carbocycles. The number of carboxylic acid groups (broad SMARTS) is 1. The van der Waals surface area contributed by atoms with Gasteiger partial charge in [0.2, 0.25) is 0 Å². The summed E-state index contributed by atoms with van der Waals surface area (Å²) in [5.41, 5.74) is 7.59. The van der Waals surface area contributed by atoms with Crippen LogP contribution in [0.3, 0.4) is 0 Å². The van der Waals surface area contributed by atoms with Gasteiger partial charge in [-0.15, -0.1) is 0 Å². The van der Waals surface area contributed by atoms with E-state index in [0.29, 0.717) is 11.0 Å². The second-order valence-corrected chi connectivity index (χ2v) is 7.10. The van der Waals surface area contributed by atoms with Crippen LogP contribution >= 0.6 is 0 Å². The molecule has 3 N–H and O–H groups in total. The van der Waals surface area contributed by atoms with Crippen molar-refractivity contribution in [3.05, 3.63) is 0 Å². The molecule has 25 heavy (non-hydrogen) atoms. The molecule has 0 radical (unpaired) electrons. The molecule has 0 aromatic heterocycles. The number of hydrogen-bond acceptors (Lipinski definition) is 4. The summed E-state index contributed by atoms with van der Waals surface area (Å²) in [5, 5.41) is 9.13. The van der Waals surface area contributed by atoms with Crippen molar-refractivity contribution in [2.75, 3.05) is 27.2 Å². The molecule has 0 saturated heterocycles. The van der Waals surface area contributed by atoms with Gasteiger partial charge in [0.15, 0.2) is 0 Å². The van der Waals surface area contributed by atoms with Crippen LogP contribution in [0.5, 0.6) is 0 Å². The van der Waals surface area contributed by atoms with E-state index >= 15 is 0 Å². The average molecular weight is 360 g/mol.